The van der Waals surface area contributed by atoms with Gasteiger partial charge in [-0.15, -0.1) is 0 Å². The molecular weight excluding hydrogens is 132 g/mol. The number of rotatable bonds is 3. The maximum atomic E-state index is 2.37. The Morgan fingerprint density at radius 1 is 1.27 bits per heavy atom. The molecule has 0 heteroatoms. The van der Waals surface area contributed by atoms with E-state index in [0.29, 0.717) is 5.41 Å². The summed E-state index contributed by atoms with van der Waals surface area (Å²) in [5.74, 6) is 0. The van der Waals surface area contributed by atoms with Gasteiger partial charge in [0.2, 0.25) is 0 Å². The Balaban J connectivity index is 3.57. The predicted molar refractivity (Wildman–Crippen MR) is 52.7 cm³/mol. The predicted octanol–water partition coefficient (Wildman–Crippen LogP) is 4.17. The van der Waals surface area contributed by atoms with Crippen LogP contribution in [0.15, 0.2) is 11.6 Å². The molecule has 0 bridgehead atoms. The van der Waals surface area contributed by atoms with Crippen molar-refractivity contribution >= 4 is 0 Å². The zero-order valence-corrected chi connectivity index (χ0v) is 8.70. The van der Waals surface area contributed by atoms with Crippen molar-refractivity contribution in [3.05, 3.63) is 11.6 Å². The van der Waals surface area contributed by atoms with Crippen LogP contribution in [-0.4, -0.2) is 0 Å². The van der Waals surface area contributed by atoms with Gasteiger partial charge in [0.1, 0.15) is 0 Å². The maximum absolute atomic E-state index is 2.37. The smallest absolute Gasteiger partial charge is 0.0343 e. The largest absolute Gasteiger partial charge is 0.0856 e. The molecule has 0 nitrogen and oxygen atoms in total. The van der Waals surface area contributed by atoms with E-state index >= 15 is 0 Å². The van der Waals surface area contributed by atoms with E-state index in [1.807, 2.05) is 0 Å². The highest BCUT2D eigenvalue weighted by Gasteiger charge is 2.07. The van der Waals surface area contributed by atoms with Gasteiger partial charge in [-0.25, -0.2) is 0 Å². The van der Waals surface area contributed by atoms with Crippen molar-refractivity contribution in [2.75, 3.05) is 0 Å². The van der Waals surface area contributed by atoms with Crippen molar-refractivity contribution < 1.29 is 0 Å². The second kappa shape index (κ2) is 4.58. The van der Waals surface area contributed by atoms with E-state index in [1.165, 1.54) is 24.8 Å². The van der Waals surface area contributed by atoms with Crippen LogP contribution in [0.1, 0.15) is 53.9 Å². The standard InChI is InChI=1S/C11H22/c1-6-10(2)8-7-9-11(3,4)5/h8H,6-7,9H2,1-5H3. The van der Waals surface area contributed by atoms with Gasteiger partial charge >= 0.3 is 0 Å². The van der Waals surface area contributed by atoms with Gasteiger partial charge in [-0.2, -0.15) is 0 Å². The fraction of sp³-hybridized carbons (Fsp3) is 0.818. The molecule has 0 saturated carbocycles. The Morgan fingerprint density at radius 2 is 1.82 bits per heavy atom. The van der Waals surface area contributed by atoms with Crippen LogP contribution in [-0.2, 0) is 0 Å². The molecule has 0 aromatic carbocycles. The highest BCUT2D eigenvalue weighted by Crippen LogP contribution is 2.21. The summed E-state index contributed by atoms with van der Waals surface area (Å²) in [5.41, 5.74) is 2.01. The lowest BCUT2D eigenvalue weighted by atomic mass is 9.90. The minimum atomic E-state index is 0.491. The van der Waals surface area contributed by atoms with E-state index in [-0.39, 0.29) is 0 Å². The van der Waals surface area contributed by atoms with Crippen molar-refractivity contribution in [1.82, 2.24) is 0 Å². The van der Waals surface area contributed by atoms with Gasteiger partial charge in [-0.3, -0.25) is 0 Å². The third kappa shape index (κ3) is 7.64. The Bertz CT molecular complexity index is 123. The van der Waals surface area contributed by atoms with Crippen LogP contribution in [0, 0.1) is 5.41 Å². The molecule has 0 saturated heterocycles. The van der Waals surface area contributed by atoms with Crippen molar-refractivity contribution in [1.29, 1.82) is 0 Å². The lowest BCUT2D eigenvalue weighted by molar-refractivity contribution is 0.381. The summed E-state index contributed by atoms with van der Waals surface area (Å²) < 4.78 is 0. The average molecular weight is 154 g/mol. The molecule has 0 aromatic rings. The van der Waals surface area contributed by atoms with Gasteiger partial charge in [0.25, 0.3) is 0 Å². The summed E-state index contributed by atoms with van der Waals surface area (Å²) in [4.78, 5) is 0. The summed E-state index contributed by atoms with van der Waals surface area (Å²) in [6, 6.07) is 0. The third-order valence-electron chi connectivity index (χ3n) is 1.94. The first-order chi connectivity index (χ1) is 4.95. The van der Waals surface area contributed by atoms with Gasteiger partial charge in [0.15, 0.2) is 0 Å². The van der Waals surface area contributed by atoms with Gasteiger partial charge in [0, 0.05) is 0 Å². The molecule has 0 aromatic heterocycles. The maximum Gasteiger partial charge on any atom is -0.0343 e. The molecule has 0 N–H and O–H groups in total. The molecule has 0 aliphatic heterocycles. The van der Waals surface area contributed by atoms with Crippen LogP contribution in [0.25, 0.3) is 0 Å². The van der Waals surface area contributed by atoms with E-state index in [0.717, 1.165) is 0 Å². The normalized spacial score (nSPS) is 13.7. The number of allylic oxidation sites excluding steroid dienone is 2. The molecule has 0 rings (SSSR count). The minimum absolute atomic E-state index is 0.491. The molecule has 11 heavy (non-hydrogen) atoms. The molecule has 0 fully saturated rings. The van der Waals surface area contributed by atoms with E-state index in [1.54, 1.807) is 0 Å². The van der Waals surface area contributed by atoms with Gasteiger partial charge in [-0.1, -0.05) is 39.3 Å². The van der Waals surface area contributed by atoms with Crippen molar-refractivity contribution in [2.45, 2.75) is 53.9 Å². The average Bonchev–Trinajstić information content (AvgIpc) is 1.85. The van der Waals surface area contributed by atoms with Crippen LogP contribution in [0.2, 0.25) is 0 Å². The molecule has 66 valence electrons. The molecule has 0 spiro atoms. The van der Waals surface area contributed by atoms with Crippen LogP contribution < -0.4 is 0 Å². The molecule has 0 aliphatic carbocycles. The van der Waals surface area contributed by atoms with Gasteiger partial charge in [0.05, 0.1) is 0 Å². The van der Waals surface area contributed by atoms with E-state index in [4.69, 9.17) is 0 Å². The van der Waals surface area contributed by atoms with Crippen molar-refractivity contribution in [2.24, 2.45) is 5.41 Å². The molecule has 0 heterocycles. The molecule has 0 atom stereocenters. The quantitative estimate of drug-likeness (QED) is 0.535. The van der Waals surface area contributed by atoms with Crippen LogP contribution in [0.4, 0.5) is 0 Å². The summed E-state index contributed by atoms with van der Waals surface area (Å²) >= 11 is 0. The molecule has 0 aliphatic rings. The second-order valence-corrected chi connectivity index (χ2v) is 4.50. The Hall–Kier alpha value is -0.260. The fourth-order valence-electron chi connectivity index (χ4n) is 0.896. The van der Waals surface area contributed by atoms with Crippen LogP contribution >= 0.6 is 0 Å². The Morgan fingerprint density at radius 3 is 2.18 bits per heavy atom. The molecule has 0 amide bonds. The third-order valence-corrected chi connectivity index (χ3v) is 1.94. The van der Waals surface area contributed by atoms with Crippen molar-refractivity contribution in [3.8, 4) is 0 Å². The highest BCUT2D eigenvalue weighted by molar-refractivity contribution is 4.96. The first-order valence-corrected chi connectivity index (χ1v) is 4.61. The van der Waals surface area contributed by atoms with E-state index < -0.39 is 0 Å². The zero-order valence-electron chi connectivity index (χ0n) is 8.70. The van der Waals surface area contributed by atoms with E-state index in [9.17, 15) is 0 Å². The van der Waals surface area contributed by atoms with Crippen LogP contribution in [0.5, 0.6) is 0 Å². The second-order valence-electron chi connectivity index (χ2n) is 4.50. The fourth-order valence-corrected chi connectivity index (χ4v) is 0.896. The van der Waals surface area contributed by atoms with Gasteiger partial charge in [-0.05, 0) is 31.6 Å². The van der Waals surface area contributed by atoms with Gasteiger partial charge < -0.3 is 0 Å². The number of hydrogen-bond donors (Lipinski definition) is 0. The minimum Gasteiger partial charge on any atom is -0.0856 e. The summed E-state index contributed by atoms with van der Waals surface area (Å²) in [6.45, 7) is 11.3. The Kier molecular flexibility index (Phi) is 4.48. The molecule has 0 radical (unpaired) electrons. The first kappa shape index (κ1) is 10.7. The Labute approximate surface area is 71.7 Å². The SMILES string of the molecule is CCC(C)=CCCC(C)(C)C. The zero-order chi connectivity index (χ0) is 8.91. The summed E-state index contributed by atoms with van der Waals surface area (Å²) in [5, 5.41) is 0. The lowest BCUT2D eigenvalue weighted by Gasteiger charge is -2.16. The molecule has 0 unspecified atom stereocenters. The topological polar surface area (TPSA) is 0 Å². The summed E-state index contributed by atoms with van der Waals surface area (Å²) in [7, 11) is 0. The monoisotopic (exact) mass is 154 g/mol. The number of hydrogen-bond acceptors (Lipinski definition) is 0. The molecular formula is C11H22. The highest BCUT2D eigenvalue weighted by atomic mass is 14.1. The lowest BCUT2D eigenvalue weighted by Crippen LogP contribution is -2.03. The first-order valence-electron chi connectivity index (χ1n) is 4.61. The van der Waals surface area contributed by atoms with Crippen molar-refractivity contribution in [3.63, 3.8) is 0 Å². The summed E-state index contributed by atoms with van der Waals surface area (Å²) in [6.07, 6.45) is 6.10. The van der Waals surface area contributed by atoms with E-state index in [2.05, 4.69) is 40.7 Å². The van der Waals surface area contributed by atoms with Crippen LogP contribution in [0.3, 0.4) is 0 Å².